The molecule has 4 saturated carbocycles. The molecule has 8 bridgehead atoms. The molecule has 32 heteroatoms. The van der Waals surface area contributed by atoms with Crippen molar-refractivity contribution in [1.82, 2.24) is 0 Å². The molecule has 98 heavy (non-hydrogen) atoms. The Morgan fingerprint density at radius 2 is 0.418 bits per heavy atom. The molecule has 9 rings (SSSR count). The van der Waals surface area contributed by atoms with E-state index in [1.807, 2.05) is 52.0 Å². The maximum atomic E-state index is 12.8. The Morgan fingerprint density at radius 3 is 0.531 bits per heavy atom. The Balaban J connectivity index is 0.00000194. The number of aromatic hydroxyl groups is 8. The molecule has 0 heterocycles. The third kappa shape index (κ3) is 24.6. The Labute approximate surface area is 570 Å². The maximum Gasteiger partial charge on any atom is 0.132 e. The van der Waals surface area contributed by atoms with Crippen LogP contribution in [-0.4, -0.2) is 121 Å². The Hall–Kier alpha value is -8.24. The lowest BCUT2D eigenvalue weighted by Gasteiger charge is -2.31. The molecule has 22 N–H and O–H groups in total. The Bertz CT molecular complexity index is 2570. The molecule has 0 unspecified atom stereocenters. The number of aliphatic hydroxyl groups is 2. The van der Waals surface area contributed by atoms with Gasteiger partial charge in [-0.3, -0.25) is 0 Å². The van der Waals surface area contributed by atoms with Gasteiger partial charge in [0.2, 0.25) is 0 Å². The first kappa shape index (κ1) is 87.8. The number of aliphatic hydroxyl groups excluding tert-OH is 2. The van der Waals surface area contributed by atoms with Gasteiger partial charge in [-0.15, -0.1) is 0 Å². The van der Waals surface area contributed by atoms with E-state index in [9.17, 15) is 40.9 Å². The molecule has 0 amide bonds. The number of phenols is 8. The number of hydrogen-bond acceptors (Lipinski definition) is 22. The second kappa shape index (κ2) is 44.6. The monoisotopic (exact) mass is 1400 g/mol. The number of phenolic OH excluding ortho intramolecular Hbond substituents is 8. The molecule has 32 nitrogen and oxygen atoms in total. The van der Waals surface area contributed by atoms with Crippen LogP contribution in [0.3, 0.4) is 0 Å². The van der Waals surface area contributed by atoms with E-state index in [4.69, 9.17) is 71.5 Å². The molecule has 0 aromatic heterocycles. The number of fused-ring (bicyclic) bond motifs is 8. The fourth-order valence-corrected chi connectivity index (χ4v) is 15.0. The highest BCUT2D eigenvalue weighted by Gasteiger charge is 2.38. The summed E-state index contributed by atoms with van der Waals surface area (Å²) in [6.45, 7) is 9.52. The first-order chi connectivity index (χ1) is 45.8. The molecule has 0 saturated heterocycles. The van der Waals surface area contributed by atoms with Gasteiger partial charge in [0.25, 0.3) is 0 Å². The lowest BCUT2D eigenvalue weighted by atomic mass is 9.75. The molecule has 0 spiro atoms. The number of rotatable bonds is 16. The minimum absolute atomic E-state index is 0. The van der Waals surface area contributed by atoms with Crippen LogP contribution in [0.1, 0.15) is 272 Å². The summed E-state index contributed by atoms with van der Waals surface area (Å²) in [5.74, 6) is -2.52. The molecule has 4 aromatic carbocycles. The van der Waals surface area contributed by atoms with Crippen LogP contribution in [0.2, 0.25) is 0 Å². The summed E-state index contributed by atoms with van der Waals surface area (Å²) in [5, 5.41) is 185. The van der Waals surface area contributed by atoms with Crippen molar-refractivity contribution in [3.8, 4) is 46.0 Å². The van der Waals surface area contributed by atoms with Crippen molar-refractivity contribution in [1.29, 1.82) is 0 Å². The van der Waals surface area contributed by atoms with Crippen LogP contribution in [0.5, 0.6) is 46.0 Å². The summed E-state index contributed by atoms with van der Waals surface area (Å²) >= 11 is 0. The zero-order valence-corrected chi connectivity index (χ0v) is 57.2. The summed E-state index contributed by atoms with van der Waals surface area (Å²) in [6, 6.07) is 8.97. The number of benzene rings is 4. The predicted octanol–water partition coefficient (Wildman–Crippen LogP) is 6.01. The van der Waals surface area contributed by atoms with Gasteiger partial charge in [0, 0.05) is 82.4 Å². The fraction of sp³-hybridized carbons (Fsp3) is 0.636. The quantitative estimate of drug-likeness (QED) is 0.0451. The van der Waals surface area contributed by atoms with E-state index >= 15 is 0 Å². The third-order valence-electron chi connectivity index (χ3n) is 19.6. The summed E-state index contributed by atoms with van der Waals surface area (Å²) < 4.78 is 0. The third-order valence-corrected chi connectivity index (χ3v) is 19.6. The van der Waals surface area contributed by atoms with Gasteiger partial charge < -0.3 is 145 Å². The van der Waals surface area contributed by atoms with Crippen molar-refractivity contribution in [3.63, 3.8) is 0 Å². The molecule has 0 atom stereocenters. The molecule has 5 aliphatic carbocycles. The van der Waals surface area contributed by atoms with Crippen LogP contribution in [0.4, 0.5) is 0 Å². The summed E-state index contributed by atoms with van der Waals surface area (Å²) in [6.07, 6.45) is 24.3. The summed E-state index contributed by atoms with van der Waals surface area (Å²) in [5.41, 5.74) is 6.14. The average molecular weight is 1400 g/mol. The standard InChI is InChI=1S/C64H92N4O8.2CH4O.4NO3.2H2O/c1-5-41-45-29-47(59(71)53(57(45)69)33-65-37-21-13-9-14-22-37)42(6-2)49-31-51(63(75)55(61(49)73)35-67-39-25-17-11-18-26-39)44(8-4)52-32-50(62(74)56(64(52)76)36-68-40-27-19-12-20-28-40)43(7-3)48-30-46(41)58(70)54(60(48)72)34-66-38-23-15-10-16-24-38;2*1-2;4*2-1(3)4;;/h29-32,37-44,65-76H,5-28,33-36H2,1-4H3;2*2H,1H3;;;;;2*1H2/q;;;4*-1;;/p+4. The minimum Gasteiger partial charge on any atom is -0.507 e. The van der Waals surface area contributed by atoms with Crippen LogP contribution < -0.4 is 21.3 Å². The van der Waals surface area contributed by atoms with Crippen LogP contribution in [-0.2, 0) is 26.2 Å². The first-order valence-corrected chi connectivity index (χ1v) is 33.6. The molecule has 0 radical (unpaired) electrons. The maximum absolute atomic E-state index is 12.8. The van der Waals surface area contributed by atoms with Gasteiger partial charge >= 0.3 is 0 Å². The van der Waals surface area contributed by atoms with Crippen LogP contribution in [0.15, 0.2) is 24.3 Å². The lowest BCUT2D eigenvalue weighted by molar-refractivity contribution is -0.707. The lowest BCUT2D eigenvalue weighted by Crippen LogP contribution is -2.88. The molecule has 4 fully saturated rings. The van der Waals surface area contributed by atoms with Gasteiger partial charge in [-0.1, -0.05) is 53.4 Å². The topological polar surface area (TPSA) is 597 Å². The van der Waals surface area contributed by atoms with Crippen LogP contribution in [0, 0.1) is 61.3 Å². The molecular weight excluding hydrogens is 1290 g/mol. The summed E-state index contributed by atoms with van der Waals surface area (Å²) in [7, 11) is 2.00. The Morgan fingerprint density at radius 1 is 0.296 bits per heavy atom. The number of nitrogens with zero attached hydrogens (tertiary/aromatic N) is 4. The second-order valence-electron chi connectivity index (χ2n) is 25.0. The van der Waals surface area contributed by atoms with E-state index in [1.165, 1.54) is 25.7 Å². The highest BCUT2D eigenvalue weighted by atomic mass is 16.9. The van der Waals surface area contributed by atoms with Crippen molar-refractivity contribution in [2.45, 2.75) is 256 Å². The van der Waals surface area contributed by atoms with E-state index < -0.39 is 44.0 Å². The van der Waals surface area contributed by atoms with Gasteiger partial charge in [-0.2, -0.15) is 0 Å². The van der Waals surface area contributed by atoms with Crippen molar-refractivity contribution in [3.05, 3.63) is 152 Å². The zero-order valence-electron chi connectivity index (χ0n) is 57.2. The highest BCUT2D eigenvalue weighted by Crippen LogP contribution is 2.55. The van der Waals surface area contributed by atoms with Gasteiger partial charge in [0.1, 0.15) is 72.2 Å². The summed E-state index contributed by atoms with van der Waals surface area (Å²) in [4.78, 5) is 33.0. The van der Waals surface area contributed by atoms with Crippen LogP contribution in [0.25, 0.3) is 0 Å². The number of nitrogens with two attached hydrogens (primary N) is 4. The fourth-order valence-electron chi connectivity index (χ4n) is 15.0. The van der Waals surface area contributed by atoms with E-state index in [2.05, 4.69) is 21.3 Å². The SMILES string of the molecule is CCC1c2cc(c(O)c(C[NH2+]C3CCCCC3)c2O)C(CC)c2cc(c(O)c(C[NH2+]C3CCCCC3)c2O)C(CC)c2cc(c(O)c(C[NH2+]C3CCCCC3)c2O)C(CC)c2cc1c(O)c(C[NH2+]C1CCCCC1)c2O.CO.CO.O.O.O=[N+]([O-])[O-].O=[N+]([O-])[O-].O=[N+]([O-])[O-].O=[N+]([O-])[O-]. The Kier molecular flexibility index (Phi) is 40.0. The highest BCUT2D eigenvalue weighted by molar-refractivity contribution is 5.67. The van der Waals surface area contributed by atoms with E-state index in [1.54, 1.807) is 0 Å². The number of quaternary nitrogens is 4. The largest absolute Gasteiger partial charge is 0.507 e. The van der Waals surface area contributed by atoms with Crippen molar-refractivity contribution < 1.29 is 104 Å². The molecule has 556 valence electrons. The molecular formula is C66H108N8O24. The smallest absolute Gasteiger partial charge is 0.132 e. The van der Waals surface area contributed by atoms with Gasteiger partial charge in [0.15, 0.2) is 0 Å². The molecule has 5 aliphatic rings. The van der Waals surface area contributed by atoms with Gasteiger partial charge in [-0.25, -0.2) is 0 Å². The first-order valence-electron chi connectivity index (χ1n) is 33.6. The number of hydrogen-bond donors (Lipinski definition) is 14. The van der Waals surface area contributed by atoms with Gasteiger partial charge in [-0.05, 0) is 153 Å². The molecule has 0 aliphatic heterocycles. The van der Waals surface area contributed by atoms with Crippen molar-refractivity contribution in [2.24, 2.45) is 0 Å². The average Bonchev–Trinajstić information content (AvgIpc) is 0.744. The molecule has 4 aromatic rings. The zero-order chi connectivity index (χ0) is 71.9. The minimum atomic E-state index is -1.75. The van der Waals surface area contributed by atoms with E-state index in [0.717, 1.165) is 117 Å². The predicted molar refractivity (Wildman–Crippen MR) is 363 cm³/mol. The normalized spacial score (nSPS) is 18.4. The second-order valence-corrected chi connectivity index (χ2v) is 25.0. The van der Waals surface area contributed by atoms with E-state index in [0.29, 0.717) is 143 Å². The van der Waals surface area contributed by atoms with Gasteiger partial charge in [0.05, 0.1) is 66.8 Å². The van der Waals surface area contributed by atoms with E-state index in [-0.39, 0.29) is 56.9 Å². The van der Waals surface area contributed by atoms with Crippen molar-refractivity contribution in [2.75, 3.05) is 14.2 Å². The van der Waals surface area contributed by atoms with Crippen molar-refractivity contribution >= 4 is 0 Å². The van der Waals surface area contributed by atoms with Crippen LogP contribution >= 0.6 is 0 Å².